The molecular formula is C11H19NO5S. The largest absolute Gasteiger partial charge is 0.381 e. The molecule has 0 bridgehead atoms. The summed E-state index contributed by atoms with van der Waals surface area (Å²) in [5.41, 5.74) is 0. The SMILES string of the molecule is CS(=O)(=O)O[C@@H]1CCN(C(=O)C2CCOCC2)C1. The highest BCUT2D eigenvalue weighted by Crippen LogP contribution is 2.22. The second kappa shape index (κ2) is 5.54. The van der Waals surface area contributed by atoms with Gasteiger partial charge in [0.05, 0.1) is 12.4 Å². The van der Waals surface area contributed by atoms with E-state index < -0.39 is 10.1 Å². The first kappa shape index (κ1) is 13.8. The van der Waals surface area contributed by atoms with E-state index in [0.29, 0.717) is 32.7 Å². The van der Waals surface area contributed by atoms with E-state index in [1.165, 1.54) is 0 Å². The van der Waals surface area contributed by atoms with Crippen molar-refractivity contribution in [3.05, 3.63) is 0 Å². The zero-order chi connectivity index (χ0) is 13.2. The third-order valence-electron chi connectivity index (χ3n) is 3.34. The molecule has 104 valence electrons. The Morgan fingerprint density at radius 1 is 1.28 bits per heavy atom. The van der Waals surface area contributed by atoms with E-state index in [-0.39, 0.29) is 17.9 Å². The van der Waals surface area contributed by atoms with Gasteiger partial charge in [0.1, 0.15) is 0 Å². The molecule has 0 aromatic carbocycles. The molecular weight excluding hydrogens is 258 g/mol. The van der Waals surface area contributed by atoms with E-state index in [1.807, 2.05) is 0 Å². The van der Waals surface area contributed by atoms with Crippen molar-refractivity contribution in [1.29, 1.82) is 0 Å². The average Bonchev–Trinajstić information content (AvgIpc) is 2.75. The minimum absolute atomic E-state index is 0.0238. The Morgan fingerprint density at radius 2 is 1.94 bits per heavy atom. The third-order valence-corrected chi connectivity index (χ3v) is 3.96. The van der Waals surface area contributed by atoms with Crippen LogP contribution in [0.3, 0.4) is 0 Å². The maximum absolute atomic E-state index is 12.2. The number of carbonyl (C=O) groups is 1. The molecule has 18 heavy (non-hydrogen) atoms. The van der Waals surface area contributed by atoms with Gasteiger partial charge in [-0.1, -0.05) is 0 Å². The number of ether oxygens (including phenoxy) is 1. The lowest BCUT2D eigenvalue weighted by molar-refractivity contribution is -0.137. The predicted molar refractivity (Wildman–Crippen MR) is 64.5 cm³/mol. The van der Waals surface area contributed by atoms with Crippen molar-refractivity contribution < 1.29 is 22.1 Å². The molecule has 2 aliphatic heterocycles. The molecule has 0 radical (unpaired) electrons. The maximum Gasteiger partial charge on any atom is 0.264 e. The van der Waals surface area contributed by atoms with Crippen LogP contribution in [0.1, 0.15) is 19.3 Å². The van der Waals surface area contributed by atoms with Crippen molar-refractivity contribution in [3.8, 4) is 0 Å². The summed E-state index contributed by atoms with van der Waals surface area (Å²) >= 11 is 0. The van der Waals surface area contributed by atoms with Crippen molar-refractivity contribution in [3.63, 3.8) is 0 Å². The minimum atomic E-state index is -3.44. The topological polar surface area (TPSA) is 72.9 Å². The van der Waals surface area contributed by atoms with Crippen LogP contribution in [0, 0.1) is 5.92 Å². The molecule has 0 spiro atoms. The summed E-state index contributed by atoms with van der Waals surface area (Å²) in [6, 6.07) is 0. The van der Waals surface area contributed by atoms with E-state index in [0.717, 1.165) is 19.1 Å². The Bertz CT molecular complexity index is 402. The molecule has 1 amide bonds. The molecule has 0 aromatic heterocycles. The summed E-state index contributed by atoms with van der Waals surface area (Å²) in [7, 11) is -3.44. The number of hydrogen-bond acceptors (Lipinski definition) is 5. The summed E-state index contributed by atoms with van der Waals surface area (Å²) in [5.74, 6) is 0.133. The molecule has 2 fully saturated rings. The first-order valence-electron chi connectivity index (χ1n) is 6.20. The van der Waals surface area contributed by atoms with E-state index in [1.54, 1.807) is 4.90 Å². The van der Waals surface area contributed by atoms with Crippen LogP contribution < -0.4 is 0 Å². The van der Waals surface area contributed by atoms with Crippen molar-refractivity contribution in [2.45, 2.75) is 25.4 Å². The summed E-state index contributed by atoms with van der Waals surface area (Å²) in [5, 5.41) is 0. The third kappa shape index (κ3) is 3.66. The lowest BCUT2D eigenvalue weighted by Gasteiger charge is -2.26. The van der Waals surface area contributed by atoms with Crippen LogP contribution in [-0.2, 0) is 23.8 Å². The summed E-state index contributed by atoms with van der Waals surface area (Å²) < 4.78 is 32.2. The predicted octanol–water partition coefficient (Wildman–Crippen LogP) is -0.00990. The molecule has 0 aromatic rings. The number of rotatable bonds is 3. The summed E-state index contributed by atoms with van der Waals surface area (Å²) in [6.07, 6.45) is 2.75. The number of nitrogens with zero attached hydrogens (tertiary/aromatic N) is 1. The molecule has 2 saturated heterocycles. The Kier molecular flexibility index (Phi) is 4.24. The highest BCUT2D eigenvalue weighted by atomic mass is 32.2. The molecule has 2 rings (SSSR count). The lowest BCUT2D eigenvalue weighted by Crippen LogP contribution is -2.37. The quantitative estimate of drug-likeness (QED) is 0.678. The molecule has 7 heteroatoms. The van der Waals surface area contributed by atoms with Crippen LogP contribution in [0.15, 0.2) is 0 Å². The van der Waals surface area contributed by atoms with Crippen LogP contribution in [0.4, 0.5) is 0 Å². The van der Waals surface area contributed by atoms with Gasteiger partial charge in [-0.25, -0.2) is 0 Å². The van der Waals surface area contributed by atoms with Crippen LogP contribution in [0.25, 0.3) is 0 Å². The fourth-order valence-electron chi connectivity index (χ4n) is 2.46. The van der Waals surface area contributed by atoms with Gasteiger partial charge < -0.3 is 9.64 Å². The zero-order valence-electron chi connectivity index (χ0n) is 10.5. The smallest absolute Gasteiger partial charge is 0.264 e. The van der Waals surface area contributed by atoms with Crippen LogP contribution in [0.2, 0.25) is 0 Å². The number of hydrogen-bond donors (Lipinski definition) is 0. The van der Waals surface area contributed by atoms with Gasteiger partial charge in [0.2, 0.25) is 5.91 Å². The molecule has 0 N–H and O–H groups in total. The highest BCUT2D eigenvalue weighted by molar-refractivity contribution is 7.86. The highest BCUT2D eigenvalue weighted by Gasteiger charge is 2.33. The van der Waals surface area contributed by atoms with Crippen molar-refractivity contribution in [2.75, 3.05) is 32.6 Å². The monoisotopic (exact) mass is 277 g/mol. The van der Waals surface area contributed by atoms with Gasteiger partial charge in [-0.15, -0.1) is 0 Å². The fourth-order valence-corrected chi connectivity index (χ4v) is 3.11. The van der Waals surface area contributed by atoms with Crippen molar-refractivity contribution >= 4 is 16.0 Å². The Hall–Kier alpha value is -0.660. The summed E-state index contributed by atoms with van der Waals surface area (Å²) in [6.45, 7) is 2.22. The van der Waals surface area contributed by atoms with E-state index in [9.17, 15) is 13.2 Å². The average molecular weight is 277 g/mol. The zero-order valence-corrected chi connectivity index (χ0v) is 11.3. The molecule has 2 aliphatic rings. The molecule has 0 saturated carbocycles. The first-order chi connectivity index (χ1) is 8.46. The standard InChI is InChI=1S/C11H19NO5S/c1-18(14,15)17-10-2-5-12(8-10)11(13)9-3-6-16-7-4-9/h9-10H,2-8H2,1H3/t10-/m1/s1. The minimum Gasteiger partial charge on any atom is -0.381 e. The van der Waals surface area contributed by atoms with Crippen LogP contribution in [0.5, 0.6) is 0 Å². The van der Waals surface area contributed by atoms with Crippen LogP contribution >= 0.6 is 0 Å². The van der Waals surface area contributed by atoms with E-state index >= 15 is 0 Å². The Labute approximate surface area is 107 Å². The van der Waals surface area contributed by atoms with Gasteiger partial charge >= 0.3 is 0 Å². The van der Waals surface area contributed by atoms with Crippen LogP contribution in [-0.4, -0.2) is 57.9 Å². The summed E-state index contributed by atoms with van der Waals surface area (Å²) in [4.78, 5) is 13.9. The van der Waals surface area contributed by atoms with E-state index in [2.05, 4.69) is 0 Å². The van der Waals surface area contributed by atoms with Gasteiger partial charge in [0, 0.05) is 32.2 Å². The number of amides is 1. The number of likely N-dealkylation sites (tertiary alicyclic amines) is 1. The van der Waals surface area contributed by atoms with Gasteiger partial charge in [0.25, 0.3) is 10.1 Å². The normalized spacial score (nSPS) is 26.5. The molecule has 0 aliphatic carbocycles. The molecule has 1 atom stereocenters. The molecule has 6 nitrogen and oxygen atoms in total. The van der Waals surface area contributed by atoms with Crippen molar-refractivity contribution in [1.82, 2.24) is 4.90 Å². The number of carbonyl (C=O) groups excluding carboxylic acids is 1. The van der Waals surface area contributed by atoms with Gasteiger partial charge in [-0.2, -0.15) is 8.42 Å². The van der Waals surface area contributed by atoms with E-state index in [4.69, 9.17) is 8.92 Å². The second-order valence-corrected chi connectivity index (χ2v) is 6.48. The maximum atomic E-state index is 12.2. The Balaban J connectivity index is 1.86. The van der Waals surface area contributed by atoms with Crippen molar-refractivity contribution in [2.24, 2.45) is 5.92 Å². The fraction of sp³-hybridized carbons (Fsp3) is 0.909. The van der Waals surface area contributed by atoms with Gasteiger partial charge in [0.15, 0.2) is 0 Å². The molecule has 2 heterocycles. The van der Waals surface area contributed by atoms with Gasteiger partial charge in [-0.3, -0.25) is 8.98 Å². The first-order valence-corrected chi connectivity index (χ1v) is 8.02. The second-order valence-electron chi connectivity index (χ2n) is 4.88. The van der Waals surface area contributed by atoms with Gasteiger partial charge in [-0.05, 0) is 19.3 Å². The molecule has 0 unspecified atom stereocenters. The lowest BCUT2D eigenvalue weighted by atomic mass is 9.99. The Morgan fingerprint density at radius 3 is 2.56 bits per heavy atom.